The molecule has 0 saturated heterocycles. The highest BCUT2D eigenvalue weighted by molar-refractivity contribution is 7.91. The van der Waals surface area contributed by atoms with Crippen molar-refractivity contribution in [3.05, 3.63) is 35.4 Å². The van der Waals surface area contributed by atoms with Crippen LogP contribution < -0.4 is 10.6 Å². The Labute approximate surface area is 154 Å². The molecule has 0 saturated carbocycles. The van der Waals surface area contributed by atoms with Crippen molar-refractivity contribution in [3.63, 3.8) is 0 Å². The molecule has 0 aliphatic heterocycles. The van der Waals surface area contributed by atoms with Crippen molar-refractivity contribution in [2.75, 3.05) is 26.5 Å². The van der Waals surface area contributed by atoms with E-state index in [2.05, 4.69) is 15.4 Å². The standard InChI is InChI=1S/C16H24N2O5S.ClH/c1-12(8-17-2)16(20)18-9-13-4-6-14(7-5-13)10-24(21,22)11-15(19)23-3;/h4-7,12,17H,8-11H2,1-3H3,(H,18,20);1H. The molecule has 25 heavy (non-hydrogen) atoms. The Morgan fingerprint density at radius 3 is 2.24 bits per heavy atom. The molecule has 0 aromatic heterocycles. The number of carbonyl (C=O) groups is 2. The van der Waals surface area contributed by atoms with Gasteiger partial charge in [0.05, 0.1) is 12.9 Å². The first-order valence-electron chi connectivity index (χ1n) is 7.54. The highest BCUT2D eigenvalue weighted by atomic mass is 35.5. The summed E-state index contributed by atoms with van der Waals surface area (Å²) in [6.07, 6.45) is 0. The average molecular weight is 393 g/mol. The number of esters is 1. The van der Waals surface area contributed by atoms with E-state index in [4.69, 9.17) is 0 Å². The number of carbonyl (C=O) groups excluding carboxylic acids is 2. The van der Waals surface area contributed by atoms with Crippen molar-refractivity contribution in [3.8, 4) is 0 Å². The summed E-state index contributed by atoms with van der Waals surface area (Å²) < 4.78 is 28.1. The molecule has 0 fully saturated rings. The highest BCUT2D eigenvalue weighted by Crippen LogP contribution is 2.10. The van der Waals surface area contributed by atoms with Crippen LogP contribution in [0.5, 0.6) is 0 Å². The summed E-state index contributed by atoms with van der Waals surface area (Å²) in [5.74, 6) is -1.81. The van der Waals surface area contributed by atoms with Gasteiger partial charge >= 0.3 is 5.97 Å². The summed E-state index contributed by atoms with van der Waals surface area (Å²) in [6, 6.07) is 6.86. The second-order valence-electron chi connectivity index (χ2n) is 5.60. The highest BCUT2D eigenvalue weighted by Gasteiger charge is 2.18. The predicted molar refractivity (Wildman–Crippen MR) is 98.1 cm³/mol. The number of sulfone groups is 1. The quantitative estimate of drug-likeness (QED) is 0.599. The van der Waals surface area contributed by atoms with Crippen LogP contribution in [0, 0.1) is 5.92 Å². The van der Waals surface area contributed by atoms with Gasteiger partial charge in [-0.3, -0.25) is 9.59 Å². The van der Waals surface area contributed by atoms with Crippen molar-refractivity contribution in [1.29, 1.82) is 0 Å². The fourth-order valence-electron chi connectivity index (χ4n) is 2.06. The van der Waals surface area contributed by atoms with Gasteiger partial charge < -0.3 is 15.4 Å². The molecule has 7 nitrogen and oxygen atoms in total. The van der Waals surface area contributed by atoms with Crippen LogP contribution in [0.3, 0.4) is 0 Å². The third-order valence-electron chi connectivity index (χ3n) is 3.40. The number of hydrogen-bond donors (Lipinski definition) is 2. The van der Waals surface area contributed by atoms with E-state index in [0.29, 0.717) is 18.7 Å². The van der Waals surface area contributed by atoms with E-state index in [1.54, 1.807) is 31.3 Å². The van der Waals surface area contributed by atoms with Gasteiger partial charge in [-0.15, -0.1) is 12.4 Å². The molecule has 0 bridgehead atoms. The van der Waals surface area contributed by atoms with Crippen LogP contribution in [-0.4, -0.2) is 46.7 Å². The molecule has 0 heterocycles. The molecule has 1 aromatic carbocycles. The molecule has 1 rings (SSSR count). The molecule has 0 radical (unpaired) electrons. The maximum absolute atomic E-state index is 11.8. The normalized spacial score (nSPS) is 12.0. The third kappa shape index (κ3) is 8.85. The topological polar surface area (TPSA) is 102 Å². The Morgan fingerprint density at radius 2 is 1.72 bits per heavy atom. The minimum Gasteiger partial charge on any atom is -0.468 e. The molecular weight excluding hydrogens is 368 g/mol. The average Bonchev–Trinajstić information content (AvgIpc) is 2.53. The van der Waals surface area contributed by atoms with E-state index in [0.717, 1.165) is 12.7 Å². The number of amides is 1. The molecule has 2 N–H and O–H groups in total. The number of halogens is 1. The number of nitrogens with one attached hydrogen (secondary N) is 2. The number of benzene rings is 1. The summed E-state index contributed by atoms with van der Waals surface area (Å²) in [5.41, 5.74) is 1.45. The largest absolute Gasteiger partial charge is 0.468 e. The van der Waals surface area contributed by atoms with Crippen LogP contribution in [0.15, 0.2) is 24.3 Å². The third-order valence-corrected chi connectivity index (χ3v) is 4.85. The van der Waals surface area contributed by atoms with Crippen LogP contribution >= 0.6 is 12.4 Å². The molecular formula is C16H25ClN2O5S. The molecule has 1 unspecified atom stereocenters. The first kappa shape index (κ1) is 23.4. The Kier molecular flexibility index (Phi) is 10.3. The van der Waals surface area contributed by atoms with Crippen LogP contribution in [0.25, 0.3) is 0 Å². The second kappa shape index (κ2) is 11.1. The maximum atomic E-state index is 11.8. The number of rotatable bonds is 9. The smallest absolute Gasteiger partial charge is 0.320 e. The van der Waals surface area contributed by atoms with Crippen LogP contribution in [0.4, 0.5) is 0 Å². The fourth-order valence-corrected chi connectivity index (χ4v) is 3.34. The summed E-state index contributed by atoms with van der Waals surface area (Å²) >= 11 is 0. The van der Waals surface area contributed by atoms with E-state index in [1.165, 1.54) is 0 Å². The summed E-state index contributed by atoms with van der Waals surface area (Å²) in [5, 5.41) is 5.77. The minimum atomic E-state index is -3.55. The molecule has 1 amide bonds. The van der Waals surface area contributed by atoms with Crippen LogP contribution in [0.1, 0.15) is 18.1 Å². The first-order chi connectivity index (χ1) is 11.3. The van der Waals surface area contributed by atoms with Crippen molar-refractivity contribution in [2.45, 2.75) is 19.2 Å². The Morgan fingerprint density at radius 1 is 1.16 bits per heavy atom. The van der Waals surface area contributed by atoms with Gasteiger partial charge in [-0.1, -0.05) is 31.2 Å². The van der Waals surface area contributed by atoms with Gasteiger partial charge in [0, 0.05) is 19.0 Å². The molecule has 9 heteroatoms. The molecule has 1 atom stereocenters. The zero-order valence-corrected chi connectivity index (χ0v) is 16.2. The van der Waals surface area contributed by atoms with E-state index >= 15 is 0 Å². The molecule has 1 aromatic rings. The van der Waals surface area contributed by atoms with Crippen LogP contribution in [-0.2, 0) is 36.5 Å². The first-order valence-corrected chi connectivity index (χ1v) is 9.37. The van der Waals surface area contributed by atoms with Crippen molar-refractivity contribution >= 4 is 34.1 Å². The van der Waals surface area contributed by atoms with Crippen molar-refractivity contribution in [1.82, 2.24) is 10.6 Å². The Balaban J connectivity index is 0.00000576. The zero-order valence-electron chi connectivity index (χ0n) is 14.6. The lowest BCUT2D eigenvalue weighted by atomic mass is 10.1. The molecule has 142 valence electrons. The van der Waals surface area contributed by atoms with Crippen LogP contribution in [0.2, 0.25) is 0 Å². The zero-order chi connectivity index (χ0) is 18.2. The lowest BCUT2D eigenvalue weighted by molar-refractivity contribution is -0.137. The van der Waals surface area contributed by atoms with Gasteiger partial charge in [-0.2, -0.15) is 0 Å². The predicted octanol–water partition coefficient (Wildman–Crippen LogP) is 0.668. The van der Waals surface area contributed by atoms with Crippen molar-refractivity contribution < 1.29 is 22.7 Å². The Bertz CT molecular complexity index is 662. The monoisotopic (exact) mass is 392 g/mol. The number of methoxy groups -OCH3 is 1. The lowest BCUT2D eigenvalue weighted by Gasteiger charge is -2.12. The summed E-state index contributed by atoms with van der Waals surface area (Å²) in [7, 11) is -0.614. The van der Waals surface area contributed by atoms with E-state index < -0.39 is 21.6 Å². The van der Waals surface area contributed by atoms with Crippen molar-refractivity contribution in [2.24, 2.45) is 5.92 Å². The van der Waals surface area contributed by atoms with Gasteiger partial charge in [0.15, 0.2) is 9.84 Å². The SMILES string of the molecule is CNCC(C)C(=O)NCc1ccc(CS(=O)(=O)CC(=O)OC)cc1.Cl. The summed E-state index contributed by atoms with van der Waals surface area (Å²) in [6.45, 7) is 2.81. The Hall–Kier alpha value is -1.64. The van der Waals surface area contributed by atoms with Gasteiger partial charge in [-0.05, 0) is 18.2 Å². The fraction of sp³-hybridized carbons (Fsp3) is 0.500. The second-order valence-corrected chi connectivity index (χ2v) is 7.67. The molecule has 0 aliphatic carbocycles. The van der Waals surface area contributed by atoms with Gasteiger partial charge in [0.2, 0.25) is 5.91 Å². The van der Waals surface area contributed by atoms with E-state index in [1.807, 2.05) is 6.92 Å². The number of hydrogen-bond acceptors (Lipinski definition) is 6. The lowest BCUT2D eigenvalue weighted by Crippen LogP contribution is -2.33. The number of ether oxygens (including phenoxy) is 1. The van der Waals surface area contributed by atoms with Gasteiger partial charge in [0.25, 0.3) is 0 Å². The van der Waals surface area contributed by atoms with Gasteiger partial charge in [-0.25, -0.2) is 8.42 Å². The van der Waals surface area contributed by atoms with Gasteiger partial charge in [0.1, 0.15) is 5.75 Å². The van der Waals surface area contributed by atoms with E-state index in [-0.39, 0.29) is 30.0 Å². The van der Waals surface area contributed by atoms with E-state index in [9.17, 15) is 18.0 Å². The molecule has 0 spiro atoms. The molecule has 0 aliphatic rings. The summed E-state index contributed by atoms with van der Waals surface area (Å²) in [4.78, 5) is 22.9. The minimum absolute atomic E-state index is 0. The maximum Gasteiger partial charge on any atom is 0.320 e.